The van der Waals surface area contributed by atoms with E-state index < -0.39 is 0 Å². The maximum atomic E-state index is 13.2. The zero-order valence-electron chi connectivity index (χ0n) is 11.8. The summed E-state index contributed by atoms with van der Waals surface area (Å²) in [4.78, 5) is 14.0. The average molecular weight is 277 g/mol. The van der Waals surface area contributed by atoms with Crippen molar-refractivity contribution in [3.05, 3.63) is 29.6 Å². The molecule has 3 nitrogen and oxygen atoms in total. The van der Waals surface area contributed by atoms with Gasteiger partial charge in [0.15, 0.2) is 0 Å². The standard InChI is InChI=1S/C16H20FNO2/c1-2-11-9-18(6-5-15(11)19)10-14-8-12-7-13(17)3-4-16(12)20-14/h3-4,7,11,14H,2,5-6,8-10H2,1H3. The van der Waals surface area contributed by atoms with Gasteiger partial charge in [-0.2, -0.15) is 0 Å². The number of ketones is 1. The van der Waals surface area contributed by atoms with Crippen molar-refractivity contribution >= 4 is 5.78 Å². The van der Waals surface area contributed by atoms with Crippen LogP contribution in [0.15, 0.2) is 18.2 Å². The number of hydrogen-bond acceptors (Lipinski definition) is 3. The molecule has 1 aromatic carbocycles. The van der Waals surface area contributed by atoms with E-state index in [0.717, 1.165) is 43.8 Å². The molecule has 3 rings (SSSR count). The lowest BCUT2D eigenvalue weighted by molar-refractivity contribution is -0.126. The summed E-state index contributed by atoms with van der Waals surface area (Å²) in [5, 5.41) is 0. The second-order valence-corrected chi connectivity index (χ2v) is 5.78. The minimum absolute atomic E-state index is 0.0810. The Morgan fingerprint density at radius 3 is 3.10 bits per heavy atom. The third kappa shape index (κ3) is 2.70. The van der Waals surface area contributed by atoms with Gasteiger partial charge in [-0.05, 0) is 24.6 Å². The lowest BCUT2D eigenvalue weighted by atomic mass is 9.94. The molecule has 4 heteroatoms. The van der Waals surface area contributed by atoms with E-state index >= 15 is 0 Å². The summed E-state index contributed by atoms with van der Waals surface area (Å²) in [5.74, 6) is 1.16. The first kappa shape index (κ1) is 13.6. The normalized spacial score (nSPS) is 26.4. The summed E-state index contributed by atoms with van der Waals surface area (Å²) in [6.07, 6.45) is 2.39. The molecule has 0 amide bonds. The summed E-state index contributed by atoms with van der Waals surface area (Å²) >= 11 is 0. The fourth-order valence-electron chi connectivity index (χ4n) is 3.18. The molecule has 0 N–H and O–H groups in total. The number of piperidine rings is 1. The monoisotopic (exact) mass is 277 g/mol. The molecule has 20 heavy (non-hydrogen) atoms. The molecule has 2 aliphatic heterocycles. The van der Waals surface area contributed by atoms with Gasteiger partial charge >= 0.3 is 0 Å². The molecule has 2 aliphatic rings. The van der Waals surface area contributed by atoms with Crippen molar-refractivity contribution in [2.24, 2.45) is 5.92 Å². The van der Waals surface area contributed by atoms with Crippen molar-refractivity contribution in [2.45, 2.75) is 32.3 Å². The summed E-state index contributed by atoms with van der Waals surface area (Å²) in [7, 11) is 0. The largest absolute Gasteiger partial charge is 0.488 e. The van der Waals surface area contributed by atoms with Gasteiger partial charge in [-0.3, -0.25) is 9.69 Å². The molecular weight excluding hydrogens is 257 g/mol. The Hall–Kier alpha value is -1.42. The zero-order valence-corrected chi connectivity index (χ0v) is 11.8. The fourth-order valence-corrected chi connectivity index (χ4v) is 3.18. The number of nitrogens with zero attached hydrogens (tertiary/aromatic N) is 1. The number of hydrogen-bond donors (Lipinski definition) is 0. The molecule has 0 saturated carbocycles. The highest BCUT2D eigenvalue weighted by Gasteiger charge is 2.30. The molecule has 0 aromatic heterocycles. The van der Waals surface area contributed by atoms with Crippen LogP contribution in [0.25, 0.3) is 0 Å². The van der Waals surface area contributed by atoms with E-state index in [1.165, 1.54) is 6.07 Å². The fraction of sp³-hybridized carbons (Fsp3) is 0.562. The number of carbonyl (C=O) groups is 1. The van der Waals surface area contributed by atoms with Crippen LogP contribution in [-0.4, -0.2) is 36.4 Å². The van der Waals surface area contributed by atoms with Crippen LogP contribution in [-0.2, 0) is 11.2 Å². The van der Waals surface area contributed by atoms with Crippen molar-refractivity contribution in [3.63, 3.8) is 0 Å². The van der Waals surface area contributed by atoms with Gasteiger partial charge in [0.2, 0.25) is 0 Å². The first-order valence-corrected chi connectivity index (χ1v) is 7.36. The Bertz CT molecular complexity index is 517. The van der Waals surface area contributed by atoms with Crippen molar-refractivity contribution in [2.75, 3.05) is 19.6 Å². The van der Waals surface area contributed by atoms with Gasteiger partial charge < -0.3 is 4.74 Å². The Labute approximate surface area is 118 Å². The molecule has 0 spiro atoms. The van der Waals surface area contributed by atoms with Gasteiger partial charge in [0.1, 0.15) is 23.5 Å². The minimum Gasteiger partial charge on any atom is -0.488 e. The second-order valence-electron chi connectivity index (χ2n) is 5.78. The molecular formula is C16H20FNO2. The second kappa shape index (κ2) is 5.52. The van der Waals surface area contributed by atoms with Gasteiger partial charge in [-0.25, -0.2) is 4.39 Å². The van der Waals surface area contributed by atoms with Crippen LogP contribution in [0.1, 0.15) is 25.3 Å². The van der Waals surface area contributed by atoms with Gasteiger partial charge in [0, 0.05) is 44.0 Å². The third-order valence-electron chi connectivity index (χ3n) is 4.33. The number of Topliss-reactive ketones (excluding diaryl/α,β-unsaturated/α-hetero) is 1. The van der Waals surface area contributed by atoms with E-state index in [2.05, 4.69) is 11.8 Å². The Kier molecular flexibility index (Phi) is 3.74. The zero-order chi connectivity index (χ0) is 14.1. The Balaban J connectivity index is 1.59. The van der Waals surface area contributed by atoms with Crippen LogP contribution in [0.5, 0.6) is 5.75 Å². The van der Waals surface area contributed by atoms with Crippen LogP contribution in [0.3, 0.4) is 0 Å². The van der Waals surface area contributed by atoms with Crippen molar-refractivity contribution in [3.8, 4) is 5.75 Å². The van der Waals surface area contributed by atoms with Crippen molar-refractivity contribution in [1.82, 2.24) is 4.90 Å². The van der Waals surface area contributed by atoms with E-state index in [0.29, 0.717) is 12.2 Å². The molecule has 2 atom stereocenters. The first-order valence-electron chi connectivity index (χ1n) is 7.36. The molecule has 2 unspecified atom stereocenters. The maximum absolute atomic E-state index is 13.2. The SMILES string of the molecule is CCC1CN(CC2Cc3cc(F)ccc3O2)CCC1=O. The summed E-state index contributed by atoms with van der Waals surface area (Å²) in [6.45, 7) is 4.54. The number of fused-ring (bicyclic) bond motifs is 1. The van der Waals surface area contributed by atoms with Gasteiger partial charge in [0.25, 0.3) is 0 Å². The predicted molar refractivity (Wildman–Crippen MR) is 74.4 cm³/mol. The molecule has 2 heterocycles. The lowest BCUT2D eigenvalue weighted by Gasteiger charge is -2.32. The smallest absolute Gasteiger partial charge is 0.138 e. The van der Waals surface area contributed by atoms with Crippen LogP contribution in [0.2, 0.25) is 0 Å². The number of rotatable bonds is 3. The molecule has 0 radical (unpaired) electrons. The summed E-state index contributed by atoms with van der Waals surface area (Å²) in [6, 6.07) is 4.71. The highest BCUT2D eigenvalue weighted by atomic mass is 19.1. The van der Waals surface area contributed by atoms with Crippen molar-refractivity contribution in [1.29, 1.82) is 0 Å². The molecule has 1 aromatic rings. The highest BCUT2D eigenvalue weighted by Crippen LogP contribution is 2.30. The Morgan fingerprint density at radius 1 is 1.45 bits per heavy atom. The number of carbonyl (C=O) groups excluding carboxylic acids is 1. The topological polar surface area (TPSA) is 29.5 Å². The van der Waals surface area contributed by atoms with Gasteiger partial charge in [0.05, 0.1) is 0 Å². The van der Waals surface area contributed by atoms with Gasteiger partial charge in [-0.1, -0.05) is 6.92 Å². The van der Waals surface area contributed by atoms with Gasteiger partial charge in [-0.15, -0.1) is 0 Å². The summed E-state index contributed by atoms with van der Waals surface area (Å²) < 4.78 is 19.1. The number of likely N-dealkylation sites (tertiary alicyclic amines) is 1. The average Bonchev–Trinajstić information content (AvgIpc) is 2.82. The first-order chi connectivity index (χ1) is 9.65. The Morgan fingerprint density at radius 2 is 2.30 bits per heavy atom. The van der Waals surface area contributed by atoms with Crippen LogP contribution < -0.4 is 4.74 Å². The van der Waals surface area contributed by atoms with Crippen LogP contribution >= 0.6 is 0 Å². The van der Waals surface area contributed by atoms with E-state index in [1.54, 1.807) is 12.1 Å². The van der Waals surface area contributed by atoms with E-state index in [4.69, 9.17) is 4.74 Å². The number of benzene rings is 1. The van der Waals surface area contributed by atoms with E-state index in [1.807, 2.05) is 0 Å². The number of halogens is 1. The maximum Gasteiger partial charge on any atom is 0.138 e. The lowest BCUT2D eigenvalue weighted by Crippen LogP contribution is -2.44. The molecule has 1 fully saturated rings. The third-order valence-corrected chi connectivity index (χ3v) is 4.33. The molecule has 108 valence electrons. The van der Waals surface area contributed by atoms with E-state index in [9.17, 15) is 9.18 Å². The summed E-state index contributed by atoms with van der Waals surface area (Å²) in [5.41, 5.74) is 0.954. The quantitative estimate of drug-likeness (QED) is 0.850. The molecule has 0 bridgehead atoms. The van der Waals surface area contributed by atoms with Crippen LogP contribution in [0.4, 0.5) is 4.39 Å². The molecule has 0 aliphatic carbocycles. The van der Waals surface area contributed by atoms with E-state index in [-0.39, 0.29) is 17.8 Å². The highest BCUT2D eigenvalue weighted by molar-refractivity contribution is 5.82. The minimum atomic E-state index is -0.206. The molecule has 1 saturated heterocycles. The number of ether oxygens (including phenoxy) is 1. The predicted octanol–water partition coefficient (Wildman–Crippen LogP) is 2.43. The van der Waals surface area contributed by atoms with Crippen molar-refractivity contribution < 1.29 is 13.9 Å². The van der Waals surface area contributed by atoms with Crippen LogP contribution in [0, 0.1) is 11.7 Å².